The molecule has 1 unspecified atom stereocenters. The van der Waals surface area contributed by atoms with Crippen LogP contribution in [0.4, 0.5) is 5.69 Å². The zero-order chi connectivity index (χ0) is 20.5. The van der Waals surface area contributed by atoms with E-state index in [2.05, 4.69) is 16.2 Å². The SMILES string of the molecule is COc1ccc(-c2nc(C3CC(=O)N(c4cc(C)cc(C)c4)C3)no2)c(OC)c1. The second-order valence-electron chi connectivity index (χ2n) is 7.28. The molecule has 4 rings (SSSR count). The molecule has 2 heterocycles. The van der Waals surface area contributed by atoms with Crippen LogP contribution >= 0.6 is 0 Å². The lowest BCUT2D eigenvalue weighted by molar-refractivity contribution is -0.117. The maximum atomic E-state index is 12.6. The van der Waals surface area contributed by atoms with E-state index in [0.29, 0.717) is 41.7 Å². The van der Waals surface area contributed by atoms with Crippen molar-refractivity contribution in [1.29, 1.82) is 0 Å². The Bertz CT molecular complexity index is 1040. The predicted molar refractivity (Wildman–Crippen MR) is 108 cm³/mol. The van der Waals surface area contributed by atoms with E-state index < -0.39 is 0 Å². The number of amides is 1. The Morgan fingerprint density at radius 3 is 2.52 bits per heavy atom. The lowest BCUT2D eigenvalue weighted by Gasteiger charge is -2.17. The standard InChI is InChI=1S/C22H23N3O4/c1-13-7-14(2)9-16(8-13)25-12-15(10-20(25)26)21-23-22(29-24-21)18-6-5-17(27-3)11-19(18)28-4/h5-9,11,15H,10,12H2,1-4H3. The Labute approximate surface area is 169 Å². The minimum absolute atomic E-state index is 0.0633. The summed E-state index contributed by atoms with van der Waals surface area (Å²) in [6.45, 7) is 4.59. The van der Waals surface area contributed by atoms with Gasteiger partial charge in [0.2, 0.25) is 5.91 Å². The summed E-state index contributed by atoms with van der Waals surface area (Å²) in [7, 11) is 3.17. The molecule has 0 aliphatic carbocycles. The summed E-state index contributed by atoms with van der Waals surface area (Å²) in [5, 5.41) is 4.14. The summed E-state index contributed by atoms with van der Waals surface area (Å²) >= 11 is 0. The molecule has 150 valence electrons. The molecule has 0 spiro atoms. The Balaban J connectivity index is 1.58. The summed E-state index contributed by atoms with van der Waals surface area (Å²) in [4.78, 5) is 19.0. The van der Waals surface area contributed by atoms with Gasteiger partial charge in [0.1, 0.15) is 11.5 Å². The smallest absolute Gasteiger partial charge is 0.261 e. The topological polar surface area (TPSA) is 77.7 Å². The first-order valence-electron chi connectivity index (χ1n) is 9.43. The van der Waals surface area contributed by atoms with E-state index in [-0.39, 0.29) is 11.8 Å². The normalized spacial score (nSPS) is 16.3. The van der Waals surface area contributed by atoms with Crippen LogP contribution in [-0.2, 0) is 4.79 Å². The number of rotatable bonds is 5. The quantitative estimate of drug-likeness (QED) is 0.654. The Morgan fingerprint density at radius 2 is 1.83 bits per heavy atom. The molecule has 2 aromatic carbocycles. The van der Waals surface area contributed by atoms with Crippen LogP contribution < -0.4 is 14.4 Å². The fourth-order valence-electron chi connectivity index (χ4n) is 3.72. The largest absolute Gasteiger partial charge is 0.497 e. The van der Waals surface area contributed by atoms with Gasteiger partial charge in [-0.05, 0) is 49.2 Å². The van der Waals surface area contributed by atoms with E-state index in [1.54, 1.807) is 25.2 Å². The minimum atomic E-state index is -0.120. The molecule has 7 nitrogen and oxygen atoms in total. The van der Waals surface area contributed by atoms with Gasteiger partial charge in [0.05, 0.1) is 19.8 Å². The van der Waals surface area contributed by atoms with Crippen LogP contribution in [0.25, 0.3) is 11.5 Å². The number of anilines is 1. The fourth-order valence-corrected chi connectivity index (χ4v) is 3.72. The number of hydrogen-bond acceptors (Lipinski definition) is 6. The zero-order valence-corrected chi connectivity index (χ0v) is 16.9. The lowest BCUT2D eigenvalue weighted by Crippen LogP contribution is -2.24. The molecule has 29 heavy (non-hydrogen) atoms. The molecule has 1 aliphatic heterocycles. The lowest BCUT2D eigenvalue weighted by atomic mass is 10.1. The highest BCUT2D eigenvalue weighted by Gasteiger charge is 2.35. The average Bonchev–Trinajstić information content (AvgIpc) is 3.33. The van der Waals surface area contributed by atoms with Gasteiger partial charge in [-0.1, -0.05) is 11.2 Å². The van der Waals surface area contributed by atoms with E-state index in [1.807, 2.05) is 38.1 Å². The zero-order valence-electron chi connectivity index (χ0n) is 16.9. The molecule has 0 radical (unpaired) electrons. The molecule has 3 aromatic rings. The van der Waals surface area contributed by atoms with Crippen molar-refractivity contribution < 1.29 is 18.8 Å². The first-order chi connectivity index (χ1) is 14.0. The molecule has 1 aliphatic rings. The van der Waals surface area contributed by atoms with E-state index in [4.69, 9.17) is 14.0 Å². The van der Waals surface area contributed by atoms with E-state index in [9.17, 15) is 4.79 Å². The van der Waals surface area contributed by atoms with Crippen LogP contribution in [-0.4, -0.2) is 36.8 Å². The Kier molecular flexibility index (Phi) is 4.96. The van der Waals surface area contributed by atoms with Gasteiger partial charge in [-0.15, -0.1) is 0 Å². The van der Waals surface area contributed by atoms with Crippen molar-refractivity contribution in [3.63, 3.8) is 0 Å². The van der Waals surface area contributed by atoms with Gasteiger partial charge < -0.3 is 18.9 Å². The molecule has 1 aromatic heterocycles. The second-order valence-corrected chi connectivity index (χ2v) is 7.28. The highest BCUT2D eigenvalue weighted by Crippen LogP contribution is 2.35. The van der Waals surface area contributed by atoms with E-state index in [0.717, 1.165) is 16.8 Å². The number of carbonyl (C=O) groups is 1. The third-order valence-electron chi connectivity index (χ3n) is 5.09. The van der Waals surface area contributed by atoms with Crippen molar-refractivity contribution >= 4 is 11.6 Å². The third kappa shape index (κ3) is 3.68. The Hall–Kier alpha value is -3.35. The molecule has 0 saturated carbocycles. The van der Waals surface area contributed by atoms with Gasteiger partial charge in [-0.3, -0.25) is 4.79 Å². The van der Waals surface area contributed by atoms with Crippen molar-refractivity contribution in [2.24, 2.45) is 0 Å². The van der Waals surface area contributed by atoms with E-state index >= 15 is 0 Å². The maximum absolute atomic E-state index is 12.6. The van der Waals surface area contributed by atoms with Crippen molar-refractivity contribution in [3.05, 3.63) is 53.3 Å². The Morgan fingerprint density at radius 1 is 1.07 bits per heavy atom. The van der Waals surface area contributed by atoms with Crippen LogP contribution in [0.15, 0.2) is 40.9 Å². The first kappa shape index (κ1) is 19.0. The van der Waals surface area contributed by atoms with Gasteiger partial charge in [-0.25, -0.2) is 0 Å². The summed E-state index contributed by atoms with van der Waals surface area (Å²) in [6, 6.07) is 11.5. The molecule has 1 saturated heterocycles. The third-order valence-corrected chi connectivity index (χ3v) is 5.09. The summed E-state index contributed by atoms with van der Waals surface area (Å²) < 4.78 is 16.1. The van der Waals surface area contributed by atoms with Gasteiger partial charge >= 0.3 is 0 Å². The van der Waals surface area contributed by atoms with Crippen LogP contribution in [0.1, 0.15) is 29.3 Å². The van der Waals surface area contributed by atoms with Gasteiger partial charge in [0.15, 0.2) is 5.82 Å². The molecule has 0 N–H and O–H groups in total. The number of nitrogens with zero attached hydrogens (tertiary/aromatic N) is 3. The number of hydrogen-bond donors (Lipinski definition) is 0. The van der Waals surface area contributed by atoms with Crippen LogP contribution in [0.2, 0.25) is 0 Å². The van der Waals surface area contributed by atoms with Gasteiger partial charge in [0.25, 0.3) is 5.89 Å². The van der Waals surface area contributed by atoms with Gasteiger partial charge in [0, 0.05) is 30.6 Å². The van der Waals surface area contributed by atoms with Crippen LogP contribution in [0.3, 0.4) is 0 Å². The predicted octanol–water partition coefficient (Wildman–Crippen LogP) is 3.89. The number of aryl methyl sites for hydroxylation is 2. The van der Waals surface area contributed by atoms with Crippen molar-refractivity contribution in [2.45, 2.75) is 26.2 Å². The van der Waals surface area contributed by atoms with E-state index in [1.165, 1.54) is 0 Å². The molecule has 1 fully saturated rings. The van der Waals surface area contributed by atoms with Crippen LogP contribution in [0, 0.1) is 13.8 Å². The fraction of sp³-hybridized carbons (Fsp3) is 0.318. The number of ether oxygens (including phenoxy) is 2. The highest BCUT2D eigenvalue weighted by molar-refractivity contribution is 5.96. The molecular formula is C22H23N3O4. The average molecular weight is 393 g/mol. The highest BCUT2D eigenvalue weighted by atomic mass is 16.5. The maximum Gasteiger partial charge on any atom is 0.261 e. The van der Waals surface area contributed by atoms with Crippen molar-refractivity contribution in [1.82, 2.24) is 10.1 Å². The molecule has 1 amide bonds. The van der Waals surface area contributed by atoms with Gasteiger partial charge in [-0.2, -0.15) is 4.98 Å². The van der Waals surface area contributed by atoms with Crippen molar-refractivity contribution in [3.8, 4) is 23.0 Å². The first-order valence-corrected chi connectivity index (χ1v) is 9.43. The number of carbonyl (C=O) groups excluding carboxylic acids is 1. The molecular weight excluding hydrogens is 370 g/mol. The number of aromatic nitrogens is 2. The minimum Gasteiger partial charge on any atom is -0.497 e. The molecule has 0 bridgehead atoms. The number of methoxy groups -OCH3 is 2. The second kappa shape index (κ2) is 7.58. The van der Waals surface area contributed by atoms with Crippen LogP contribution in [0.5, 0.6) is 11.5 Å². The van der Waals surface area contributed by atoms with Crippen molar-refractivity contribution in [2.75, 3.05) is 25.7 Å². The summed E-state index contributed by atoms with van der Waals surface area (Å²) in [5.41, 5.74) is 3.85. The molecule has 1 atom stereocenters. The monoisotopic (exact) mass is 393 g/mol. The number of benzene rings is 2. The molecule has 7 heteroatoms. The summed E-state index contributed by atoms with van der Waals surface area (Å²) in [6.07, 6.45) is 0.353. The summed E-state index contributed by atoms with van der Waals surface area (Å²) in [5.74, 6) is 2.09.